The number of hydrogen-bond acceptors (Lipinski definition) is 4. The van der Waals surface area contributed by atoms with Crippen molar-refractivity contribution in [1.82, 2.24) is 16.0 Å². The zero-order chi connectivity index (χ0) is 23.8. The van der Waals surface area contributed by atoms with Gasteiger partial charge in [-0.1, -0.05) is 62.4 Å². The Labute approximate surface area is 194 Å². The summed E-state index contributed by atoms with van der Waals surface area (Å²) in [6, 6.07) is 16.0. The zero-order valence-corrected chi connectivity index (χ0v) is 19.0. The highest BCUT2D eigenvalue weighted by Crippen LogP contribution is 2.18. The molecule has 3 rings (SSSR count). The number of carbonyl (C=O) groups excluding carboxylic acids is 4. The molecular weight excluding hydrogens is 418 g/mol. The van der Waals surface area contributed by atoms with Crippen LogP contribution in [0.5, 0.6) is 0 Å². The smallest absolute Gasteiger partial charge is 0.289 e. The van der Waals surface area contributed by atoms with Crippen LogP contribution < -0.4 is 16.0 Å². The van der Waals surface area contributed by atoms with E-state index in [0.717, 1.165) is 18.4 Å². The zero-order valence-electron chi connectivity index (χ0n) is 19.0. The van der Waals surface area contributed by atoms with Crippen LogP contribution in [0.4, 0.5) is 0 Å². The molecule has 1 aliphatic rings. The number of carbonyl (C=O) groups is 4. The summed E-state index contributed by atoms with van der Waals surface area (Å²) in [6.07, 6.45) is 2.29. The van der Waals surface area contributed by atoms with Crippen LogP contribution in [0.15, 0.2) is 60.7 Å². The van der Waals surface area contributed by atoms with Gasteiger partial charge in [-0.05, 0) is 42.9 Å². The second-order valence-electron chi connectivity index (χ2n) is 8.88. The Morgan fingerprint density at radius 3 is 2.03 bits per heavy atom. The molecule has 2 aromatic carbocycles. The van der Waals surface area contributed by atoms with E-state index in [2.05, 4.69) is 16.0 Å². The first kappa shape index (κ1) is 24.2. The molecule has 1 aliphatic carbocycles. The van der Waals surface area contributed by atoms with Crippen molar-refractivity contribution in [2.24, 2.45) is 5.92 Å². The number of rotatable bonds is 11. The largest absolute Gasteiger partial charge is 0.347 e. The van der Waals surface area contributed by atoms with Gasteiger partial charge in [0.1, 0.15) is 12.1 Å². The lowest BCUT2D eigenvalue weighted by Crippen LogP contribution is -2.55. The van der Waals surface area contributed by atoms with E-state index in [0.29, 0.717) is 12.0 Å². The van der Waals surface area contributed by atoms with E-state index < -0.39 is 29.7 Å². The minimum absolute atomic E-state index is 0.0355. The Balaban J connectivity index is 1.75. The molecule has 7 nitrogen and oxygen atoms in total. The van der Waals surface area contributed by atoms with Crippen LogP contribution in [-0.2, 0) is 20.8 Å². The second kappa shape index (κ2) is 11.4. The van der Waals surface area contributed by atoms with Gasteiger partial charge in [0.15, 0.2) is 0 Å². The first-order valence-electron chi connectivity index (χ1n) is 11.4. The van der Waals surface area contributed by atoms with Gasteiger partial charge in [-0.25, -0.2) is 0 Å². The van der Waals surface area contributed by atoms with Crippen molar-refractivity contribution in [3.63, 3.8) is 0 Å². The topological polar surface area (TPSA) is 104 Å². The van der Waals surface area contributed by atoms with Crippen molar-refractivity contribution < 1.29 is 19.2 Å². The predicted octanol–water partition coefficient (Wildman–Crippen LogP) is 2.41. The van der Waals surface area contributed by atoms with Gasteiger partial charge in [0.05, 0.1) is 0 Å². The third kappa shape index (κ3) is 7.56. The summed E-state index contributed by atoms with van der Waals surface area (Å²) in [5.41, 5.74) is 1.27. The van der Waals surface area contributed by atoms with E-state index in [1.807, 2.05) is 50.2 Å². The van der Waals surface area contributed by atoms with Gasteiger partial charge in [-0.3, -0.25) is 19.2 Å². The summed E-state index contributed by atoms with van der Waals surface area (Å²) in [4.78, 5) is 51.2. The minimum atomic E-state index is -1.03. The quantitative estimate of drug-likeness (QED) is 0.458. The third-order valence-corrected chi connectivity index (χ3v) is 5.42. The fraction of sp³-hybridized carbons (Fsp3) is 0.385. The summed E-state index contributed by atoms with van der Waals surface area (Å²) < 4.78 is 0. The van der Waals surface area contributed by atoms with E-state index >= 15 is 0 Å². The lowest BCUT2D eigenvalue weighted by molar-refractivity contribution is -0.140. The van der Waals surface area contributed by atoms with Gasteiger partial charge >= 0.3 is 0 Å². The second-order valence-corrected chi connectivity index (χ2v) is 8.88. The van der Waals surface area contributed by atoms with Crippen LogP contribution in [0, 0.1) is 5.92 Å². The normalized spacial score (nSPS) is 14.8. The molecule has 2 unspecified atom stereocenters. The van der Waals surface area contributed by atoms with Gasteiger partial charge < -0.3 is 16.0 Å². The van der Waals surface area contributed by atoms with E-state index in [9.17, 15) is 19.2 Å². The Hall–Kier alpha value is -3.48. The summed E-state index contributed by atoms with van der Waals surface area (Å²) in [5.74, 6) is -2.10. The molecule has 3 amide bonds. The number of Topliss-reactive ketones (excluding diaryl/α,β-unsaturated/α-hetero) is 1. The Morgan fingerprint density at radius 2 is 1.45 bits per heavy atom. The van der Waals surface area contributed by atoms with E-state index in [-0.39, 0.29) is 24.3 Å². The Morgan fingerprint density at radius 1 is 0.848 bits per heavy atom. The monoisotopic (exact) mass is 449 g/mol. The molecule has 174 valence electrons. The SMILES string of the molecule is CC(C)CC(NC(=O)c1ccccc1)C(=O)NC(Cc1ccccc1)C(=O)C(=O)NC1CC1. The fourth-order valence-corrected chi connectivity index (χ4v) is 3.51. The number of benzene rings is 2. The van der Waals surface area contributed by atoms with Crippen LogP contribution in [0.1, 0.15) is 49.0 Å². The maximum Gasteiger partial charge on any atom is 0.289 e. The van der Waals surface area contributed by atoms with Gasteiger partial charge in [0.2, 0.25) is 11.7 Å². The molecule has 0 aromatic heterocycles. The highest BCUT2D eigenvalue weighted by molar-refractivity contribution is 6.38. The molecule has 2 aromatic rings. The number of nitrogens with one attached hydrogen (secondary N) is 3. The van der Waals surface area contributed by atoms with Gasteiger partial charge in [0.25, 0.3) is 11.8 Å². The molecule has 1 fully saturated rings. The van der Waals surface area contributed by atoms with Crippen LogP contribution in [0.25, 0.3) is 0 Å². The first-order chi connectivity index (χ1) is 15.8. The average molecular weight is 450 g/mol. The van der Waals surface area contributed by atoms with E-state index in [1.165, 1.54) is 0 Å². The standard InChI is InChI=1S/C26H31N3O4/c1-17(2)15-22(29-24(31)19-11-7-4-8-12-19)25(32)28-21(16-18-9-5-3-6-10-18)23(30)26(33)27-20-13-14-20/h3-12,17,20-22H,13-16H2,1-2H3,(H,27,33)(H,28,32)(H,29,31). The molecule has 1 saturated carbocycles. The number of ketones is 1. The maximum atomic E-state index is 13.2. The molecule has 0 saturated heterocycles. The molecule has 2 atom stereocenters. The third-order valence-electron chi connectivity index (χ3n) is 5.42. The Bertz CT molecular complexity index is 972. The lowest BCUT2D eigenvalue weighted by Gasteiger charge is -2.24. The van der Waals surface area contributed by atoms with Crippen molar-refractivity contribution in [3.8, 4) is 0 Å². The molecule has 7 heteroatoms. The van der Waals surface area contributed by atoms with Gasteiger partial charge in [-0.15, -0.1) is 0 Å². The highest BCUT2D eigenvalue weighted by Gasteiger charge is 2.33. The van der Waals surface area contributed by atoms with E-state index in [4.69, 9.17) is 0 Å². The lowest BCUT2D eigenvalue weighted by atomic mass is 9.99. The van der Waals surface area contributed by atoms with Gasteiger partial charge in [-0.2, -0.15) is 0 Å². The van der Waals surface area contributed by atoms with Crippen molar-refractivity contribution in [2.75, 3.05) is 0 Å². The molecule has 0 radical (unpaired) electrons. The number of hydrogen-bond donors (Lipinski definition) is 3. The summed E-state index contributed by atoms with van der Waals surface area (Å²) in [5, 5.41) is 8.22. The highest BCUT2D eigenvalue weighted by atomic mass is 16.2. The van der Waals surface area contributed by atoms with Crippen molar-refractivity contribution in [2.45, 2.75) is 57.7 Å². The molecule has 0 bridgehead atoms. The van der Waals surface area contributed by atoms with Crippen LogP contribution in [-0.4, -0.2) is 41.6 Å². The number of amides is 3. The molecule has 3 N–H and O–H groups in total. The molecule has 0 heterocycles. The van der Waals surface area contributed by atoms with E-state index in [1.54, 1.807) is 24.3 Å². The average Bonchev–Trinajstić information content (AvgIpc) is 3.62. The maximum absolute atomic E-state index is 13.2. The summed E-state index contributed by atoms with van der Waals surface area (Å²) in [6.45, 7) is 3.90. The molecule has 33 heavy (non-hydrogen) atoms. The summed E-state index contributed by atoms with van der Waals surface area (Å²) >= 11 is 0. The molecule has 0 aliphatic heterocycles. The van der Waals surface area contributed by atoms with Crippen LogP contribution in [0.3, 0.4) is 0 Å². The molecule has 0 spiro atoms. The van der Waals surface area contributed by atoms with Gasteiger partial charge in [0, 0.05) is 18.0 Å². The van der Waals surface area contributed by atoms with Crippen LogP contribution in [0.2, 0.25) is 0 Å². The fourth-order valence-electron chi connectivity index (χ4n) is 3.51. The van der Waals surface area contributed by atoms with Crippen molar-refractivity contribution in [3.05, 3.63) is 71.8 Å². The van der Waals surface area contributed by atoms with Crippen molar-refractivity contribution >= 4 is 23.5 Å². The summed E-state index contributed by atoms with van der Waals surface area (Å²) in [7, 11) is 0. The van der Waals surface area contributed by atoms with Crippen LogP contribution >= 0.6 is 0 Å². The Kier molecular flexibility index (Phi) is 8.35. The molecular formula is C26H31N3O4. The minimum Gasteiger partial charge on any atom is -0.347 e. The first-order valence-corrected chi connectivity index (χ1v) is 11.4. The predicted molar refractivity (Wildman–Crippen MR) is 125 cm³/mol. The van der Waals surface area contributed by atoms with Crippen molar-refractivity contribution in [1.29, 1.82) is 0 Å².